The second kappa shape index (κ2) is 9.26. The van der Waals surface area contributed by atoms with E-state index in [4.69, 9.17) is 5.11 Å². The summed E-state index contributed by atoms with van der Waals surface area (Å²) in [5.41, 5.74) is 0. The van der Waals surface area contributed by atoms with Gasteiger partial charge in [-0.05, 0) is 20.3 Å². The third-order valence-corrected chi connectivity index (χ3v) is 2.18. The number of carboxylic acid groups (broad SMARTS) is 1. The molecule has 7 nitrogen and oxygen atoms in total. The smallest absolute Gasteiger partial charge is 0.315 e. The summed E-state index contributed by atoms with van der Waals surface area (Å²) in [5, 5.41) is 16.2. The van der Waals surface area contributed by atoms with E-state index in [2.05, 4.69) is 16.0 Å². The molecule has 0 aromatic rings. The third kappa shape index (κ3) is 9.44. The summed E-state index contributed by atoms with van der Waals surface area (Å²) in [7, 11) is 0. The van der Waals surface area contributed by atoms with Gasteiger partial charge < -0.3 is 21.1 Å². The topological polar surface area (TPSA) is 108 Å². The number of aliphatic carboxylic acids is 1. The van der Waals surface area contributed by atoms with Crippen molar-refractivity contribution in [2.45, 2.75) is 39.2 Å². The molecule has 0 bridgehead atoms. The number of hydrogen-bond acceptors (Lipinski definition) is 3. The summed E-state index contributed by atoms with van der Waals surface area (Å²) in [5.74, 6) is -1.00. The second-order valence-electron chi connectivity index (χ2n) is 3.94. The lowest BCUT2D eigenvalue weighted by Gasteiger charge is -2.13. The molecule has 0 aromatic carbocycles. The maximum Gasteiger partial charge on any atom is 0.315 e. The molecule has 0 aliphatic carbocycles. The Morgan fingerprint density at radius 1 is 1.17 bits per heavy atom. The molecule has 0 aliphatic heterocycles. The minimum Gasteiger partial charge on any atom is -0.481 e. The van der Waals surface area contributed by atoms with Crippen LogP contribution in [0.15, 0.2) is 0 Å². The average molecular weight is 259 g/mol. The Labute approximate surface area is 106 Å². The number of hydrogen-bond donors (Lipinski definition) is 4. The highest BCUT2D eigenvalue weighted by atomic mass is 16.4. The van der Waals surface area contributed by atoms with Crippen LogP contribution >= 0.6 is 0 Å². The first-order valence-corrected chi connectivity index (χ1v) is 5.98. The van der Waals surface area contributed by atoms with E-state index in [9.17, 15) is 14.4 Å². The molecule has 0 aliphatic rings. The van der Waals surface area contributed by atoms with Gasteiger partial charge in [0.2, 0.25) is 5.91 Å². The van der Waals surface area contributed by atoms with Crippen LogP contribution in [-0.4, -0.2) is 42.1 Å². The number of urea groups is 1. The fraction of sp³-hybridized carbons (Fsp3) is 0.727. The molecule has 0 heterocycles. The standard InChI is InChI=1S/C11H21N3O4/c1-3-12-9(15)6-7-13-11(18)14-8(2)4-5-10(16)17/h8H,3-7H2,1-2H3,(H,12,15)(H,16,17)(H2,13,14,18). The van der Waals surface area contributed by atoms with Crippen molar-refractivity contribution < 1.29 is 19.5 Å². The van der Waals surface area contributed by atoms with E-state index >= 15 is 0 Å². The van der Waals surface area contributed by atoms with Gasteiger partial charge in [-0.1, -0.05) is 0 Å². The van der Waals surface area contributed by atoms with Crippen molar-refractivity contribution in [2.24, 2.45) is 0 Å². The summed E-state index contributed by atoms with van der Waals surface area (Å²) in [6.07, 6.45) is 0.615. The van der Waals surface area contributed by atoms with E-state index in [1.165, 1.54) is 0 Å². The Morgan fingerprint density at radius 2 is 1.83 bits per heavy atom. The molecule has 18 heavy (non-hydrogen) atoms. The van der Waals surface area contributed by atoms with Crippen LogP contribution in [0.2, 0.25) is 0 Å². The Morgan fingerprint density at radius 3 is 2.39 bits per heavy atom. The highest BCUT2D eigenvalue weighted by molar-refractivity contribution is 5.78. The van der Waals surface area contributed by atoms with Crippen LogP contribution in [0.5, 0.6) is 0 Å². The van der Waals surface area contributed by atoms with Gasteiger partial charge in [-0.25, -0.2) is 4.79 Å². The van der Waals surface area contributed by atoms with Crippen molar-refractivity contribution in [1.82, 2.24) is 16.0 Å². The van der Waals surface area contributed by atoms with Gasteiger partial charge in [-0.15, -0.1) is 0 Å². The van der Waals surface area contributed by atoms with E-state index in [-0.39, 0.29) is 31.3 Å². The molecule has 0 spiro atoms. The lowest BCUT2D eigenvalue weighted by Crippen LogP contribution is -2.42. The Kier molecular flexibility index (Phi) is 8.34. The average Bonchev–Trinajstić information content (AvgIpc) is 2.26. The summed E-state index contributed by atoms with van der Waals surface area (Å²) in [6.45, 7) is 4.37. The van der Waals surface area contributed by atoms with Crippen LogP contribution in [0, 0.1) is 0 Å². The van der Waals surface area contributed by atoms with Crippen LogP contribution in [-0.2, 0) is 9.59 Å². The van der Waals surface area contributed by atoms with Crippen molar-refractivity contribution in [3.8, 4) is 0 Å². The van der Waals surface area contributed by atoms with Gasteiger partial charge >= 0.3 is 12.0 Å². The highest BCUT2D eigenvalue weighted by Crippen LogP contribution is 1.95. The van der Waals surface area contributed by atoms with Crippen LogP contribution in [0.3, 0.4) is 0 Å². The number of amides is 3. The predicted octanol–water partition coefficient (Wildman–Crippen LogP) is 0.0651. The van der Waals surface area contributed by atoms with Crippen molar-refractivity contribution in [3.05, 3.63) is 0 Å². The van der Waals surface area contributed by atoms with Crippen molar-refractivity contribution in [1.29, 1.82) is 0 Å². The molecule has 3 amide bonds. The van der Waals surface area contributed by atoms with E-state index in [1.54, 1.807) is 6.92 Å². The molecule has 4 N–H and O–H groups in total. The Hall–Kier alpha value is -1.79. The first-order valence-electron chi connectivity index (χ1n) is 5.98. The molecule has 7 heteroatoms. The van der Waals surface area contributed by atoms with Gasteiger partial charge in [0.25, 0.3) is 0 Å². The molecule has 0 rings (SSSR count). The molecular formula is C11H21N3O4. The Balaban J connectivity index is 3.64. The van der Waals surface area contributed by atoms with Gasteiger partial charge in [0.15, 0.2) is 0 Å². The van der Waals surface area contributed by atoms with E-state index < -0.39 is 12.0 Å². The third-order valence-electron chi connectivity index (χ3n) is 2.18. The molecule has 0 saturated carbocycles. The molecular weight excluding hydrogens is 238 g/mol. The van der Waals surface area contributed by atoms with Gasteiger partial charge in [0, 0.05) is 32.0 Å². The summed E-state index contributed by atoms with van der Waals surface area (Å²) in [6, 6.07) is -0.609. The first-order chi connectivity index (χ1) is 8.45. The molecule has 0 fully saturated rings. The molecule has 104 valence electrons. The van der Waals surface area contributed by atoms with Crippen LogP contribution < -0.4 is 16.0 Å². The van der Waals surface area contributed by atoms with E-state index in [0.717, 1.165) is 0 Å². The van der Waals surface area contributed by atoms with Crippen LogP contribution in [0.4, 0.5) is 4.79 Å². The Bertz CT molecular complexity index is 294. The first kappa shape index (κ1) is 16.2. The SMILES string of the molecule is CCNC(=O)CCNC(=O)NC(C)CCC(=O)O. The van der Waals surface area contributed by atoms with Gasteiger partial charge in [-0.3, -0.25) is 9.59 Å². The summed E-state index contributed by atoms with van der Waals surface area (Å²) < 4.78 is 0. The molecule has 0 aromatic heterocycles. The maximum absolute atomic E-state index is 11.3. The van der Waals surface area contributed by atoms with Gasteiger partial charge in [0.05, 0.1) is 0 Å². The number of carboxylic acids is 1. The number of rotatable bonds is 8. The fourth-order valence-corrected chi connectivity index (χ4v) is 1.26. The monoisotopic (exact) mass is 259 g/mol. The number of carbonyl (C=O) groups is 3. The zero-order valence-corrected chi connectivity index (χ0v) is 10.8. The largest absolute Gasteiger partial charge is 0.481 e. The minimum atomic E-state index is -0.889. The minimum absolute atomic E-state index is 0.0142. The zero-order valence-electron chi connectivity index (χ0n) is 10.8. The lowest BCUT2D eigenvalue weighted by atomic mass is 10.2. The zero-order chi connectivity index (χ0) is 14.0. The van der Waals surface area contributed by atoms with E-state index in [1.807, 2.05) is 6.92 Å². The molecule has 0 saturated heterocycles. The van der Waals surface area contributed by atoms with Gasteiger partial charge in [-0.2, -0.15) is 0 Å². The lowest BCUT2D eigenvalue weighted by molar-refractivity contribution is -0.137. The molecule has 0 radical (unpaired) electrons. The normalized spacial score (nSPS) is 11.4. The maximum atomic E-state index is 11.3. The van der Waals surface area contributed by atoms with Crippen molar-refractivity contribution >= 4 is 17.9 Å². The highest BCUT2D eigenvalue weighted by Gasteiger charge is 2.09. The summed E-state index contributed by atoms with van der Waals surface area (Å²) >= 11 is 0. The predicted molar refractivity (Wildman–Crippen MR) is 66.2 cm³/mol. The number of carbonyl (C=O) groups excluding carboxylic acids is 2. The fourth-order valence-electron chi connectivity index (χ4n) is 1.26. The second-order valence-corrected chi connectivity index (χ2v) is 3.94. The quantitative estimate of drug-likeness (QED) is 0.494. The van der Waals surface area contributed by atoms with Crippen LogP contribution in [0.25, 0.3) is 0 Å². The summed E-state index contributed by atoms with van der Waals surface area (Å²) in [4.78, 5) is 32.7. The van der Waals surface area contributed by atoms with Crippen LogP contribution in [0.1, 0.15) is 33.1 Å². The number of nitrogens with one attached hydrogen (secondary N) is 3. The van der Waals surface area contributed by atoms with E-state index in [0.29, 0.717) is 13.0 Å². The van der Waals surface area contributed by atoms with Crippen molar-refractivity contribution in [2.75, 3.05) is 13.1 Å². The van der Waals surface area contributed by atoms with Crippen molar-refractivity contribution in [3.63, 3.8) is 0 Å². The molecule has 1 unspecified atom stereocenters. The van der Waals surface area contributed by atoms with Gasteiger partial charge in [0.1, 0.15) is 0 Å². The molecule has 1 atom stereocenters.